The molecule has 16 nitrogen and oxygen atoms in total. The van der Waals surface area contributed by atoms with E-state index in [4.69, 9.17) is 19.9 Å². The molecule has 0 saturated carbocycles. The number of nitrogens with two attached hydrogens (primary N) is 1. The lowest BCUT2D eigenvalue weighted by atomic mass is 9.78. The van der Waals surface area contributed by atoms with E-state index in [2.05, 4.69) is 16.0 Å². The van der Waals surface area contributed by atoms with Gasteiger partial charge in [-0.3, -0.25) is 30.8 Å². The quantitative estimate of drug-likeness (QED) is 0.117. The SMILES string of the molecule is N[C@@H]1NC(=O)[C@@H]2NCN(c3ccccc3[C@@H]3CCOC[C@@H]4O[C@H](Oc5c3cc3c(c5O)C(=O)c5cc(CO)ccc5C3=O)[C@@H](O)[C@H](O)[C@H]4O)[C@@H]2N1. The Hall–Kier alpha value is -4.49. The molecule has 16 heteroatoms. The first-order valence-electron chi connectivity index (χ1n) is 16.7. The van der Waals surface area contributed by atoms with Crippen LogP contribution in [0.4, 0.5) is 5.69 Å². The first-order valence-corrected chi connectivity index (χ1v) is 16.7. The Bertz CT molecular complexity index is 1920. The predicted octanol–water partition coefficient (Wildman–Crippen LogP) is -1.58. The van der Waals surface area contributed by atoms with Gasteiger partial charge in [0, 0.05) is 40.5 Å². The maximum absolute atomic E-state index is 14.1. The van der Waals surface area contributed by atoms with Gasteiger partial charge in [-0.2, -0.15) is 0 Å². The number of rotatable bonds is 3. The summed E-state index contributed by atoms with van der Waals surface area (Å²) in [5.41, 5.74) is 7.76. The number of hydrogen-bond donors (Lipinski definition) is 9. The molecule has 3 aromatic rings. The Morgan fingerprint density at radius 3 is 2.53 bits per heavy atom. The number of ether oxygens (including phenoxy) is 3. The van der Waals surface area contributed by atoms with Crippen LogP contribution in [0.1, 0.15) is 60.9 Å². The average Bonchev–Trinajstić information content (AvgIpc) is 3.54. The van der Waals surface area contributed by atoms with Gasteiger partial charge in [0.15, 0.2) is 23.1 Å². The Balaban J connectivity index is 1.31. The number of para-hydroxylation sites is 1. The van der Waals surface area contributed by atoms with Crippen molar-refractivity contribution in [3.8, 4) is 11.5 Å². The van der Waals surface area contributed by atoms with E-state index in [1.807, 2.05) is 29.2 Å². The smallest absolute Gasteiger partial charge is 0.242 e. The van der Waals surface area contributed by atoms with E-state index in [0.717, 1.165) is 0 Å². The van der Waals surface area contributed by atoms with Crippen molar-refractivity contribution < 1.29 is 54.1 Å². The zero-order valence-electron chi connectivity index (χ0n) is 27.1. The van der Waals surface area contributed by atoms with Crippen molar-refractivity contribution in [2.75, 3.05) is 24.8 Å². The number of fused-ring (bicyclic) bond motifs is 6. The van der Waals surface area contributed by atoms with E-state index in [1.165, 1.54) is 18.2 Å². The topological polar surface area (TPSA) is 245 Å². The number of aliphatic hydroxyl groups is 4. The van der Waals surface area contributed by atoms with Crippen molar-refractivity contribution in [2.24, 2.45) is 5.73 Å². The summed E-state index contributed by atoms with van der Waals surface area (Å²) in [7, 11) is 0. The van der Waals surface area contributed by atoms with E-state index < -0.39 is 72.4 Å². The first-order chi connectivity index (χ1) is 24.6. The van der Waals surface area contributed by atoms with E-state index >= 15 is 0 Å². The number of carbonyl (C=O) groups is 3. The summed E-state index contributed by atoms with van der Waals surface area (Å²) in [6.45, 7) is -0.215. The van der Waals surface area contributed by atoms with Gasteiger partial charge in [-0.15, -0.1) is 0 Å². The molecule has 0 spiro atoms. The normalized spacial score (nSPS) is 31.7. The van der Waals surface area contributed by atoms with Crippen molar-refractivity contribution in [1.82, 2.24) is 16.0 Å². The van der Waals surface area contributed by atoms with Gasteiger partial charge in [0.1, 0.15) is 42.9 Å². The number of anilines is 1. The number of amides is 1. The second-order valence-corrected chi connectivity index (χ2v) is 13.3. The van der Waals surface area contributed by atoms with Crippen molar-refractivity contribution in [1.29, 1.82) is 0 Å². The molecule has 5 aliphatic rings. The molecule has 4 heterocycles. The fourth-order valence-corrected chi connectivity index (χ4v) is 7.72. The van der Waals surface area contributed by atoms with Crippen LogP contribution in [-0.2, 0) is 20.9 Å². The third-order valence-corrected chi connectivity index (χ3v) is 10.3. The molecule has 3 saturated heterocycles. The highest BCUT2D eigenvalue weighted by Gasteiger charge is 2.48. The van der Waals surface area contributed by atoms with Crippen LogP contribution in [0.3, 0.4) is 0 Å². The fourth-order valence-electron chi connectivity index (χ4n) is 7.72. The predicted molar refractivity (Wildman–Crippen MR) is 176 cm³/mol. The third kappa shape index (κ3) is 5.47. The van der Waals surface area contributed by atoms with Crippen molar-refractivity contribution in [2.45, 2.75) is 68.1 Å². The van der Waals surface area contributed by atoms with E-state index in [1.54, 1.807) is 6.07 Å². The minimum absolute atomic E-state index is 0.00728. The molecule has 268 valence electrons. The highest BCUT2D eigenvalue weighted by molar-refractivity contribution is 6.29. The van der Waals surface area contributed by atoms with Gasteiger partial charge in [-0.25, -0.2) is 0 Å². The Morgan fingerprint density at radius 1 is 0.922 bits per heavy atom. The molecular formula is C35H37N5O11. The average molecular weight is 704 g/mol. The maximum atomic E-state index is 14.1. The van der Waals surface area contributed by atoms with Crippen molar-refractivity contribution in [3.05, 3.63) is 87.5 Å². The molecule has 10 N–H and O–H groups in total. The number of aliphatic hydroxyl groups excluding tert-OH is 4. The molecule has 9 atom stereocenters. The summed E-state index contributed by atoms with van der Waals surface area (Å²) in [6, 6.07) is 12.6. The standard InChI is InChI=1S/C35H37N5O11/c36-35-38-32-24(33(48)39-35)37-13-40(32)21-4-2-1-3-16(21)15-7-8-49-12-22-27(44)29(46)30(47)34(50-22)51-31-19(15)10-20-23(28(31)45)26(43)18-9-14(11-41)5-6-17(18)25(20)42/h1-6,9-10,15,22,24,27,29-30,32,34-35,37-38,41,44-47H,7-8,11-13,36H2,(H,39,48)/t15-,22-,24+,27-,29+,30-,32-,34+,35-/m0/s1. The number of phenols is 1. The Kier molecular flexibility index (Phi) is 8.53. The van der Waals surface area contributed by atoms with Crippen LogP contribution >= 0.6 is 0 Å². The lowest BCUT2D eigenvalue weighted by Gasteiger charge is -2.40. The molecule has 3 aromatic carbocycles. The van der Waals surface area contributed by atoms with Crippen molar-refractivity contribution >= 4 is 23.2 Å². The number of phenolic OH excluding ortho intramolecular Hbond substituents is 1. The van der Waals surface area contributed by atoms with Crippen LogP contribution in [0.15, 0.2) is 48.5 Å². The maximum Gasteiger partial charge on any atom is 0.242 e. The molecule has 2 bridgehead atoms. The molecule has 51 heavy (non-hydrogen) atoms. The number of aromatic hydroxyl groups is 1. The zero-order chi connectivity index (χ0) is 35.7. The molecule has 3 fully saturated rings. The summed E-state index contributed by atoms with van der Waals surface area (Å²) in [4.78, 5) is 42.8. The second kappa shape index (κ2) is 12.9. The van der Waals surface area contributed by atoms with E-state index in [9.17, 15) is 39.9 Å². The molecule has 0 radical (unpaired) electrons. The van der Waals surface area contributed by atoms with E-state index in [0.29, 0.717) is 16.8 Å². The minimum atomic E-state index is -1.78. The summed E-state index contributed by atoms with van der Waals surface area (Å²) >= 11 is 0. The van der Waals surface area contributed by atoms with Crippen LogP contribution in [0.2, 0.25) is 0 Å². The van der Waals surface area contributed by atoms with Gasteiger partial charge in [0.05, 0.1) is 25.4 Å². The molecule has 0 aromatic heterocycles. The zero-order valence-corrected chi connectivity index (χ0v) is 27.1. The number of hydrogen-bond acceptors (Lipinski definition) is 15. The van der Waals surface area contributed by atoms with Crippen LogP contribution in [0.25, 0.3) is 0 Å². The summed E-state index contributed by atoms with van der Waals surface area (Å²) in [6.07, 6.45) is -8.86. The number of nitrogens with one attached hydrogen (secondary N) is 3. The summed E-state index contributed by atoms with van der Waals surface area (Å²) in [5.74, 6) is -3.16. The van der Waals surface area contributed by atoms with Gasteiger partial charge < -0.3 is 50.0 Å². The van der Waals surface area contributed by atoms with Crippen LogP contribution in [-0.4, -0.2) is 112 Å². The molecule has 1 amide bonds. The highest BCUT2D eigenvalue weighted by Crippen LogP contribution is 2.49. The number of nitrogens with zero attached hydrogens (tertiary/aromatic N) is 1. The van der Waals surface area contributed by atoms with Gasteiger partial charge in [-0.1, -0.05) is 24.3 Å². The van der Waals surface area contributed by atoms with Gasteiger partial charge in [-0.05, 0) is 41.8 Å². The Labute approximate surface area is 290 Å². The number of ketones is 2. The molecule has 8 rings (SSSR count). The summed E-state index contributed by atoms with van der Waals surface area (Å²) < 4.78 is 18.0. The summed E-state index contributed by atoms with van der Waals surface area (Å²) in [5, 5.41) is 63.2. The van der Waals surface area contributed by atoms with Crippen LogP contribution < -0.4 is 31.3 Å². The fraction of sp³-hybridized carbons (Fsp3) is 0.400. The lowest BCUT2D eigenvalue weighted by Crippen LogP contribution is -2.70. The third-order valence-electron chi connectivity index (χ3n) is 10.3. The monoisotopic (exact) mass is 703 g/mol. The number of benzene rings is 3. The van der Waals surface area contributed by atoms with Crippen molar-refractivity contribution in [3.63, 3.8) is 0 Å². The second-order valence-electron chi connectivity index (χ2n) is 13.3. The van der Waals surface area contributed by atoms with Gasteiger partial charge >= 0.3 is 0 Å². The van der Waals surface area contributed by atoms with E-state index in [-0.39, 0.29) is 72.4 Å². The van der Waals surface area contributed by atoms with Gasteiger partial charge in [0.25, 0.3) is 0 Å². The minimum Gasteiger partial charge on any atom is -0.504 e. The van der Waals surface area contributed by atoms with Gasteiger partial charge in [0.2, 0.25) is 12.2 Å². The lowest BCUT2D eigenvalue weighted by molar-refractivity contribution is -0.279. The first kappa shape index (κ1) is 33.6. The largest absolute Gasteiger partial charge is 0.504 e. The van der Waals surface area contributed by atoms with Crippen LogP contribution in [0.5, 0.6) is 11.5 Å². The molecule has 1 aliphatic carbocycles. The van der Waals surface area contributed by atoms with Crippen LogP contribution in [0, 0.1) is 0 Å². The Morgan fingerprint density at radius 2 is 1.73 bits per heavy atom. The molecular weight excluding hydrogens is 666 g/mol. The molecule has 4 aliphatic heterocycles. The molecule has 0 unspecified atom stereocenters. The number of carbonyl (C=O) groups excluding carboxylic acids is 3. The highest BCUT2D eigenvalue weighted by atomic mass is 16.7.